The minimum absolute atomic E-state index is 0. The molecule has 2 atom stereocenters. The minimum Gasteiger partial charge on any atom is -0.493 e. The van der Waals surface area contributed by atoms with Crippen LogP contribution in [-0.2, 0) is 16.6 Å². The lowest BCUT2D eigenvalue weighted by Gasteiger charge is -2.37. The molecule has 2 aliphatic heterocycles. The first-order chi connectivity index (χ1) is 15.2. The van der Waals surface area contributed by atoms with E-state index in [-0.39, 0.29) is 43.8 Å². The lowest BCUT2D eigenvalue weighted by Crippen LogP contribution is -2.57. The van der Waals surface area contributed by atoms with Crippen LogP contribution in [0.4, 0.5) is 13.2 Å². The number of benzene rings is 1. The maximum absolute atomic E-state index is 13.2. The highest BCUT2D eigenvalue weighted by Gasteiger charge is 2.44. The number of aryl methyl sites for hydroxylation is 1. The van der Waals surface area contributed by atoms with E-state index in [0.29, 0.717) is 43.9 Å². The fourth-order valence-corrected chi connectivity index (χ4v) is 4.36. The van der Waals surface area contributed by atoms with E-state index in [0.717, 1.165) is 10.9 Å². The molecular weight excluding hydrogens is 463 g/mol. The van der Waals surface area contributed by atoms with Crippen LogP contribution in [0.2, 0.25) is 0 Å². The first kappa shape index (κ1) is 25.3. The largest absolute Gasteiger partial charge is 0.493 e. The van der Waals surface area contributed by atoms with Crippen LogP contribution in [0.25, 0.3) is 10.9 Å². The van der Waals surface area contributed by atoms with Gasteiger partial charge in [0.25, 0.3) is 0 Å². The Bertz CT molecular complexity index is 1010. The third kappa shape index (κ3) is 5.59. The summed E-state index contributed by atoms with van der Waals surface area (Å²) in [5.74, 6) is -0.511. The first-order valence-electron chi connectivity index (χ1n) is 10.7. The van der Waals surface area contributed by atoms with Crippen molar-refractivity contribution in [1.29, 1.82) is 0 Å². The number of amides is 2. The summed E-state index contributed by atoms with van der Waals surface area (Å²) >= 11 is 0. The second kappa shape index (κ2) is 10.3. The second-order valence-corrected chi connectivity index (χ2v) is 8.19. The molecule has 1 aromatic heterocycles. The second-order valence-electron chi connectivity index (χ2n) is 8.19. The number of nitrogens with zero attached hydrogens (tertiary/aromatic N) is 3. The molecule has 0 saturated carbocycles. The number of piperidine rings is 1. The van der Waals surface area contributed by atoms with Crippen LogP contribution in [0.1, 0.15) is 30.9 Å². The van der Waals surface area contributed by atoms with Gasteiger partial charge >= 0.3 is 6.18 Å². The van der Waals surface area contributed by atoms with Gasteiger partial charge in [0.05, 0.1) is 23.7 Å². The number of halogens is 4. The quantitative estimate of drug-likeness (QED) is 0.477. The molecule has 4 rings (SSSR count). The van der Waals surface area contributed by atoms with E-state index in [1.54, 1.807) is 23.9 Å². The molecule has 12 heteroatoms. The van der Waals surface area contributed by atoms with Crippen LogP contribution in [0.5, 0.6) is 5.75 Å². The van der Waals surface area contributed by atoms with Gasteiger partial charge in [-0.05, 0) is 25.0 Å². The van der Waals surface area contributed by atoms with Gasteiger partial charge in [-0.25, -0.2) is 0 Å². The number of nitrogens with one attached hydrogen (secondary N) is 2. The predicted octanol–water partition coefficient (Wildman–Crippen LogP) is 2.12. The molecule has 2 aliphatic rings. The number of rotatable bonds is 6. The Morgan fingerprint density at radius 1 is 1.27 bits per heavy atom. The van der Waals surface area contributed by atoms with Gasteiger partial charge in [0, 0.05) is 51.1 Å². The molecule has 8 nitrogen and oxygen atoms in total. The van der Waals surface area contributed by atoms with Crippen LogP contribution in [0.3, 0.4) is 0 Å². The highest BCUT2D eigenvalue weighted by atomic mass is 35.5. The summed E-state index contributed by atoms with van der Waals surface area (Å²) in [6.07, 6.45) is -3.09. The van der Waals surface area contributed by atoms with Crippen molar-refractivity contribution in [3.05, 3.63) is 23.9 Å². The van der Waals surface area contributed by atoms with Gasteiger partial charge < -0.3 is 10.1 Å². The number of carbonyl (C=O) groups is 2. The molecule has 0 aliphatic carbocycles. The summed E-state index contributed by atoms with van der Waals surface area (Å²) in [6.45, 7) is 1.41. The molecule has 2 aromatic rings. The smallest absolute Gasteiger partial charge is 0.405 e. The van der Waals surface area contributed by atoms with Crippen molar-refractivity contribution in [3.63, 3.8) is 0 Å². The highest BCUT2D eigenvalue weighted by Crippen LogP contribution is 2.32. The van der Waals surface area contributed by atoms with Crippen LogP contribution in [-0.4, -0.2) is 71.5 Å². The van der Waals surface area contributed by atoms with E-state index in [9.17, 15) is 22.8 Å². The molecular formula is C21H27ClF3N5O3. The summed E-state index contributed by atoms with van der Waals surface area (Å²) in [6, 6.07) is 3.93. The standard InChI is InChI=1S/C21H26F3N5O3.ClH/c1-28-16-11-13(32-10-2-8-29-9-7-25-12-17(29)21(22,23)24)3-4-14(16)19(27-28)15-5-6-18(30)26-20(15)31;/h3-4,11,15,17,25H,2,5-10,12H2,1H3,(H,26,30,31);1H. The SMILES string of the molecule is Cl.Cn1nc(C2CCC(=O)NC2=O)c2ccc(OCCCN3CCNCC3C(F)(F)F)cc21. The Morgan fingerprint density at radius 2 is 2.06 bits per heavy atom. The van der Waals surface area contributed by atoms with Crippen molar-refractivity contribution in [1.82, 2.24) is 25.3 Å². The van der Waals surface area contributed by atoms with E-state index >= 15 is 0 Å². The van der Waals surface area contributed by atoms with Gasteiger partial charge in [-0.1, -0.05) is 0 Å². The summed E-state index contributed by atoms with van der Waals surface area (Å²) in [5.41, 5.74) is 1.40. The number of alkyl halides is 3. The molecule has 182 valence electrons. The number of piperazine rings is 1. The number of aromatic nitrogens is 2. The maximum atomic E-state index is 13.2. The Balaban J connectivity index is 0.00000306. The number of carbonyl (C=O) groups excluding carboxylic acids is 2. The number of hydrogen-bond donors (Lipinski definition) is 2. The third-order valence-electron chi connectivity index (χ3n) is 6.01. The first-order valence-corrected chi connectivity index (χ1v) is 10.7. The van der Waals surface area contributed by atoms with Gasteiger partial charge in [0.1, 0.15) is 11.8 Å². The summed E-state index contributed by atoms with van der Waals surface area (Å²) in [7, 11) is 1.77. The molecule has 2 saturated heterocycles. The predicted molar refractivity (Wildman–Crippen MR) is 117 cm³/mol. The van der Waals surface area contributed by atoms with Gasteiger partial charge in [-0.2, -0.15) is 18.3 Å². The molecule has 0 bridgehead atoms. The van der Waals surface area contributed by atoms with Crippen LogP contribution in [0.15, 0.2) is 18.2 Å². The van der Waals surface area contributed by atoms with Gasteiger partial charge in [-0.3, -0.25) is 24.5 Å². The maximum Gasteiger partial charge on any atom is 0.405 e. The fourth-order valence-electron chi connectivity index (χ4n) is 4.36. The van der Waals surface area contributed by atoms with E-state index in [1.807, 2.05) is 6.07 Å². The molecule has 0 spiro atoms. The van der Waals surface area contributed by atoms with Crippen LogP contribution >= 0.6 is 12.4 Å². The van der Waals surface area contributed by atoms with E-state index < -0.39 is 18.1 Å². The molecule has 3 heterocycles. The zero-order valence-corrected chi connectivity index (χ0v) is 19.0. The van der Waals surface area contributed by atoms with Gasteiger partial charge in [0.2, 0.25) is 11.8 Å². The van der Waals surface area contributed by atoms with Gasteiger partial charge in [0.15, 0.2) is 0 Å². The molecule has 2 N–H and O–H groups in total. The zero-order chi connectivity index (χ0) is 22.9. The molecule has 0 radical (unpaired) electrons. The fraction of sp³-hybridized carbons (Fsp3) is 0.571. The van der Waals surface area contributed by atoms with Crippen molar-refractivity contribution in [2.45, 2.75) is 37.4 Å². The highest BCUT2D eigenvalue weighted by molar-refractivity contribution is 6.02. The van der Waals surface area contributed by atoms with Crippen molar-refractivity contribution in [3.8, 4) is 5.75 Å². The van der Waals surface area contributed by atoms with Crippen molar-refractivity contribution in [2.75, 3.05) is 32.8 Å². The molecule has 2 unspecified atom stereocenters. The third-order valence-corrected chi connectivity index (χ3v) is 6.01. The monoisotopic (exact) mass is 489 g/mol. The van der Waals surface area contributed by atoms with Gasteiger partial charge in [-0.15, -0.1) is 12.4 Å². The number of imide groups is 1. The lowest BCUT2D eigenvalue weighted by molar-refractivity contribution is -0.187. The Morgan fingerprint density at radius 3 is 2.79 bits per heavy atom. The summed E-state index contributed by atoms with van der Waals surface area (Å²) in [5, 5.41) is 10.5. The molecule has 1 aromatic carbocycles. The molecule has 2 fully saturated rings. The average Bonchev–Trinajstić information content (AvgIpc) is 3.06. The number of hydrogen-bond acceptors (Lipinski definition) is 6. The Labute approximate surface area is 195 Å². The van der Waals surface area contributed by atoms with Crippen molar-refractivity contribution in [2.24, 2.45) is 7.05 Å². The zero-order valence-electron chi connectivity index (χ0n) is 18.2. The Kier molecular flexibility index (Phi) is 7.86. The van der Waals surface area contributed by atoms with E-state index in [1.165, 1.54) is 4.90 Å². The molecule has 2 amide bonds. The van der Waals surface area contributed by atoms with E-state index in [4.69, 9.17) is 4.74 Å². The Hall–Kier alpha value is -2.37. The lowest BCUT2D eigenvalue weighted by atomic mass is 9.93. The topological polar surface area (TPSA) is 88.5 Å². The summed E-state index contributed by atoms with van der Waals surface area (Å²) < 4.78 is 47.0. The minimum atomic E-state index is -4.25. The normalized spacial score (nSPS) is 22.2. The number of ether oxygens (including phenoxy) is 1. The average molecular weight is 490 g/mol. The van der Waals surface area contributed by atoms with Crippen molar-refractivity contribution < 1.29 is 27.5 Å². The van der Waals surface area contributed by atoms with E-state index in [2.05, 4.69) is 15.7 Å². The van der Waals surface area contributed by atoms with Crippen LogP contribution < -0.4 is 15.4 Å². The molecule has 33 heavy (non-hydrogen) atoms. The summed E-state index contributed by atoms with van der Waals surface area (Å²) in [4.78, 5) is 25.1. The van der Waals surface area contributed by atoms with Crippen LogP contribution in [0, 0.1) is 0 Å². The van der Waals surface area contributed by atoms with Crippen molar-refractivity contribution >= 4 is 35.1 Å². The number of fused-ring (bicyclic) bond motifs is 1.